The molecule has 2 unspecified atom stereocenters. The SMILES string of the molecule is CCNC(C)c1c(C)nn(CC2Cc3ccccc32)c1C. The van der Waals surface area contributed by atoms with E-state index in [9.17, 15) is 0 Å². The van der Waals surface area contributed by atoms with Gasteiger partial charge < -0.3 is 5.32 Å². The highest BCUT2D eigenvalue weighted by Crippen LogP contribution is 2.36. The number of aromatic nitrogens is 2. The summed E-state index contributed by atoms with van der Waals surface area (Å²) in [5.74, 6) is 0.626. The standard InChI is InChI=1S/C18H25N3/c1-5-19-12(2)18-13(3)20-21(14(18)4)11-16-10-15-8-6-7-9-17(15)16/h6-9,12,16,19H,5,10-11H2,1-4H3. The van der Waals surface area contributed by atoms with Gasteiger partial charge in [0.1, 0.15) is 0 Å². The van der Waals surface area contributed by atoms with Gasteiger partial charge in [0.25, 0.3) is 0 Å². The van der Waals surface area contributed by atoms with E-state index in [-0.39, 0.29) is 0 Å². The molecule has 0 saturated carbocycles. The van der Waals surface area contributed by atoms with Crippen LogP contribution in [0.2, 0.25) is 0 Å². The molecule has 3 nitrogen and oxygen atoms in total. The third-order valence-corrected chi connectivity index (χ3v) is 4.74. The van der Waals surface area contributed by atoms with Gasteiger partial charge in [-0.15, -0.1) is 0 Å². The molecule has 21 heavy (non-hydrogen) atoms. The van der Waals surface area contributed by atoms with E-state index in [0.29, 0.717) is 12.0 Å². The van der Waals surface area contributed by atoms with Crippen molar-refractivity contribution in [3.63, 3.8) is 0 Å². The largest absolute Gasteiger partial charge is 0.310 e. The zero-order valence-electron chi connectivity index (χ0n) is 13.5. The van der Waals surface area contributed by atoms with E-state index in [1.807, 2.05) is 0 Å². The predicted octanol–water partition coefficient (Wildman–Crippen LogP) is 3.51. The Balaban J connectivity index is 1.80. The van der Waals surface area contributed by atoms with Crippen molar-refractivity contribution in [2.75, 3.05) is 6.54 Å². The van der Waals surface area contributed by atoms with Crippen LogP contribution in [0.5, 0.6) is 0 Å². The van der Waals surface area contributed by atoms with Gasteiger partial charge in [-0.1, -0.05) is 31.2 Å². The molecule has 3 rings (SSSR count). The number of aryl methyl sites for hydroxylation is 1. The van der Waals surface area contributed by atoms with Gasteiger partial charge >= 0.3 is 0 Å². The van der Waals surface area contributed by atoms with Crippen molar-refractivity contribution in [1.29, 1.82) is 0 Å². The summed E-state index contributed by atoms with van der Waals surface area (Å²) >= 11 is 0. The van der Waals surface area contributed by atoms with Crippen LogP contribution in [0.15, 0.2) is 24.3 Å². The topological polar surface area (TPSA) is 29.9 Å². The first-order chi connectivity index (χ1) is 10.1. The maximum atomic E-state index is 4.78. The Morgan fingerprint density at radius 1 is 1.33 bits per heavy atom. The summed E-state index contributed by atoms with van der Waals surface area (Å²) in [7, 11) is 0. The second kappa shape index (κ2) is 5.64. The molecule has 2 atom stereocenters. The Kier molecular flexibility index (Phi) is 3.85. The minimum absolute atomic E-state index is 0.373. The Hall–Kier alpha value is -1.61. The lowest BCUT2D eigenvalue weighted by Crippen LogP contribution is -2.23. The van der Waals surface area contributed by atoms with Crippen LogP contribution in [0.25, 0.3) is 0 Å². The Morgan fingerprint density at radius 2 is 2.10 bits per heavy atom. The number of fused-ring (bicyclic) bond motifs is 1. The third-order valence-electron chi connectivity index (χ3n) is 4.74. The van der Waals surface area contributed by atoms with Crippen LogP contribution in [0.1, 0.15) is 53.9 Å². The van der Waals surface area contributed by atoms with E-state index in [4.69, 9.17) is 5.10 Å². The van der Waals surface area contributed by atoms with Gasteiger partial charge in [0, 0.05) is 29.8 Å². The minimum Gasteiger partial charge on any atom is -0.310 e. The number of nitrogens with one attached hydrogen (secondary N) is 1. The molecule has 0 aliphatic heterocycles. The molecular weight excluding hydrogens is 258 g/mol. The number of hydrogen-bond donors (Lipinski definition) is 1. The van der Waals surface area contributed by atoms with Crippen LogP contribution in [0.4, 0.5) is 0 Å². The van der Waals surface area contributed by atoms with Crippen molar-refractivity contribution in [2.45, 2.75) is 52.6 Å². The maximum Gasteiger partial charge on any atom is 0.0644 e. The molecule has 1 heterocycles. The average molecular weight is 283 g/mol. The van der Waals surface area contributed by atoms with Crippen LogP contribution < -0.4 is 5.32 Å². The monoisotopic (exact) mass is 283 g/mol. The molecular formula is C18H25N3. The van der Waals surface area contributed by atoms with Crippen LogP contribution in [0.3, 0.4) is 0 Å². The van der Waals surface area contributed by atoms with Gasteiger partial charge in [0.15, 0.2) is 0 Å². The van der Waals surface area contributed by atoms with E-state index in [0.717, 1.165) is 18.8 Å². The maximum absolute atomic E-state index is 4.78. The average Bonchev–Trinajstić information content (AvgIpc) is 2.71. The zero-order valence-corrected chi connectivity index (χ0v) is 13.5. The molecule has 0 amide bonds. The molecule has 0 fully saturated rings. The molecule has 2 aromatic rings. The lowest BCUT2D eigenvalue weighted by molar-refractivity contribution is 0.465. The highest BCUT2D eigenvalue weighted by atomic mass is 15.3. The first kappa shape index (κ1) is 14.3. The molecule has 3 heteroatoms. The lowest BCUT2D eigenvalue weighted by atomic mass is 9.77. The van der Waals surface area contributed by atoms with Gasteiger partial charge in [0.2, 0.25) is 0 Å². The summed E-state index contributed by atoms with van der Waals surface area (Å²) in [5, 5.41) is 8.29. The summed E-state index contributed by atoms with van der Waals surface area (Å²) in [6.07, 6.45) is 1.19. The van der Waals surface area contributed by atoms with Crippen molar-refractivity contribution < 1.29 is 0 Å². The number of nitrogens with zero attached hydrogens (tertiary/aromatic N) is 2. The van der Waals surface area contributed by atoms with Gasteiger partial charge in [-0.2, -0.15) is 5.10 Å². The Labute approximate surface area is 127 Å². The van der Waals surface area contributed by atoms with Gasteiger partial charge in [0.05, 0.1) is 5.69 Å². The summed E-state index contributed by atoms with van der Waals surface area (Å²) in [6.45, 7) is 10.7. The smallest absolute Gasteiger partial charge is 0.0644 e. The Bertz CT molecular complexity index is 642. The molecule has 112 valence electrons. The van der Waals surface area contributed by atoms with Crippen LogP contribution in [0, 0.1) is 13.8 Å². The van der Waals surface area contributed by atoms with E-state index >= 15 is 0 Å². The first-order valence-corrected chi connectivity index (χ1v) is 7.96. The van der Waals surface area contributed by atoms with Crippen molar-refractivity contribution in [1.82, 2.24) is 15.1 Å². The zero-order chi connectivity index (χ0) is 15.0. The fraction of sp³-hybridized carbons (Fsp3) is 0.500. The van der Waals surface area contributed by atoms with Crippen molar-refractivity contribution >= 4 is 0 Å². The third kappa shape index (κ3) is 2.51. The number of hydrogen-bond acceptors (Lipinski definition) is 2. The van der Waals surface area contributed by atoms with Crippen molar-refractivity contribution in [3.05, 3.63) is 52.3 Å². The van der Waals surface area contributed by atoms with Crippen molar-refractivity contribution in [3.8, 4) is 0 Å². The predicted molar refractivity (Wildman–Crippen MR) is 86.7 cm³/mol. The fourth-order valence-corrected chi connectivity index (χ4v) is 3.66. The lowest BCUT2D eigenvalue weighted by Gasteiger charge is -2.30. The first-order valence-electron chi connectivity index (χ1n) is 7.96. The van der Waals surface area contributed by atoms with Gasteiger partial charge in [-0.05, 0) is 44.9 Å². The van der Waals surface area contributed by atoms with E-state index < -0.39 is 0 Å². The summed E-state index contributed by atoms with van der Waals surface area (Å²) in [4.78, 5) is 0. The highest BCUT2D eigenvalue weighted by molar-refractivity contribution is 5.40. The second-order valence-electron chi connectivity index (χ2n) is 6.15. The molecule has 0 spiro atoms. The second-order valence-corrected chi connectivity index (χ2v) is 6.15. The number of benzene rings is 1. The molecule has 1 aliphatic rings. The quantitative estimate of drug-likeness (QED) is 0.910. The van der Waals surface area contributed by atoms with Crippen LogP contribution in [-0.4, -0.2) is 16.3 Å². The normalized spacial score (nSPS) is 18.2. The summed E-state index contributed by atoms with van der Waals surface area (Å²) in [5.41, 5.74) is 6.85. The Morgan fingerprint density at radius 3 is 2.81 bits per heavy atom. The highest BCUT2D eigenvalue weighted by Gasteiger charge is 2.27. The van der Waals surface area contributed by atoms with Gasteiger partial charge in [-0.25, -0.2) is 0 Å². The van der Waals surface area contributed by atoms with Crippen LogP contribution in [-0.2, 0) is 13.0 Å². The molecule has 1 N–H and O–H groups in total. The molecule has 0 saturated heterocycles. The molecule has 0 radical (unpaired) electrons. The summed E-state index contributed by atoms with van der Waals surface area (Å²) < 4.78 is 2.21. The summed E-state index contributed by atoms with van der Waals surface area (Å²) in [6, 6.07) is 9.15. The van der Waals surface area contributed by atoms with Crippen molar-refractivity contribution in [2.24, 2.45) is 0 Å². The molecule has 0 bridgehead atoms. The fourth-order valence-electron chi connectivity index (χ4n) is 3.66. The van der Waals surface area contributed by atoms with E-state index in [1.165, 1.54) is 28.8 Å². The van der Waals surface area contributed by atoms with E-state index in [2.05, 4.69) is 62.0 Å². The minimum atomic E-state index is 0.373. The van der Waals surface area contributed by atoms with E-state index in [1.54, 1.807) is 0 Å². The number of rotatable bonds is 5. The van der Waals surface area contributed by atoms with Gasteiger partial charge in [-0.3, -0.25) is 4.68 Å². The molecule has 1 aliphatic carbocycles. The molecule has 1 aromatic carbocycles. The van der Waals surface area contributed by atoms with Crippen LogP contribution >= 0.6 is 0 Å². The molecule has 1 aromatic heterocycles.